The number of nitrogens with one attached hydrogen (secondary N) is 1. The van der Waals surface area contributed by atoms with Crippen LogP contribution in [0.4, 0.5) is 5.69 Å². The molecule has 18 heavy (non-hydrogen) atoms. The first kappa shape index (κ1) is 13.3. The molecule has 1 aliphatic rings. The van der Waals surface area contributed by atoms with Gasteiger partial charge >= 0.3 is 0 Å². The number of nitrogens with zero attached hydrogens (tertiary/aromatic N) is 2. The van der Waals surface area contributed by atoms with Crippen molar-refractivity contribution in [3.63, 3.8) is 0 Å². The Kier molecular flexibility index (Phi) is 4.19. The van der Waals surface area contributed by atoms with Crippen LogP contribution in [-0.4, -0.2) is 36.8 Å². The molecular formula is C14H23N3O. The van der Waals surface area contributed by atoms with Crippen LogP contribution in [0.3, 0.4) is 0 Å². The number of aromatic nitrogens is 1. The van der Waals surface area contributed by atoms with E-state index in [0.717, 1.165) is 38.5 Å². The van der Waals surface area contributed by atoms with Crippen molar-refractivity contribution in [1.82, 2.24) is 10.3 Å². The number of hydrogen-bond acceptors (Lipinski definition) is 4. The standard InChI is InChI=1S/C14H23N3O/c1-4-15-10-12-9-13(5-6-16-12)17-7-8-18-14(2,3)11-17/h5-6,9,15H,4,7-8,10-11H2,1-3H3. The van der Waals surface area contributed by atoms with E-state index < -0.39 is 0 Å². The van der Waals surface area contributed by atoms with Crippen LogP contribution in [0.25, 0.3) is 0 Å². The topological polar surface area (TPSA) is 37.4 Å². The van der Waals surface area contributed by atoms with Crippen molar-refractivity contribution in [3.05, 3.63) is 24.0 Å². The average Bonchev–Trinajstić information content (AvgIpc) is 2.35. The third-order valence-electron chi connectivity index (χ3n) is 3.15. The Balaban J connectivity index is 2.07. The monoisotopic (exact) mass is 249 g/mol. The van der Waals surface area contributed by atoms with E-state index in [4.69, 9.17) is 4.74 Å². The lowest BCUT2D eigenvalue weighted by atomic mass is 10.1. The first-order valence-electron chi connectivity index (χ1n) is 6.65. The van der Waals surface area contributed by atoms with Gasteiger partial charge in [-0.05, 0) is 32.5 Å². The second-order valence-corrected chi connectivity index (χ2v) is 5.32. The fourth-order valence-corrected chi connectivity index (χ4v) is 2.25. The maximum Gasteiger partial charge on any atom is 0.0801 e. The fraction of sp³-hybridized carbons (Fsp3) is 0.643. The summed E-state index contributed by atoms with van der Waals surface area (Å²) in [5, 5.41) is 3.31. The minimum atomic E-state index is -0.0661. The van der Waals surface area contributed by atoms with Gasteiger partial charge in [-0.15, -0.1) is 0 Å². The van der Waals surface area contributed by atoms with Gasteiger partial charge in [-0.25, -0.2) is 0 Å². The molecule has 0 aliphatic carbocycles. The lowest BCUT2D eigenvalue weighted by Crippen LogP contribution is -2.48. The lowest BCUT2D eigenvalue weighted by molar-refractivity contribution is -0.0277. The van der Waals surface area contributed by atoms with Gasteiger partial charge in [-0.2, -0.15) is 0 Å². The van der Waals surface area contributed by atoms with Gasteiger partial charge in [0.05, 0.1) is 17.9 Å². The van der Waals surface area contributed by atoms with E-state index in [1.54, 1.807) is 0 Å². The van der Waals surface area contributed by atoms with E-state index in [0.29, 0.717) is 0 Å². The number of pyridine rings is 1. The van der Waals surface area contributed by atoms with Crippen molar-refractivity contribution in [2.24, 2.45) is 0 Å². The number of anilines is 1. The average molecular weight is 249 g/mol. The second-order valence-electron chi connectivity index (χ2n) is 5.32. The Morgan fingerprint density at radius 3 is 3.06 bits per heavy atom. The molecule has 4 nitrogen and oxygen atoms in total. The summed E-state index contributed by atoms with van der Waals surface area (Å²) in [4.78, 5) is 6.76. The van der Waals surface area contributed by atoms with Crippen LogP contribution < -0.4 is 10.2 Å². The molecule has 4 heteroatoms. The minimum Gasteiger partial charge on any atom is -0.372 e. The predicted octanol–water partition coefficient (Wildman–Crippen LogP) is 1.81. The molecule has 0 unspecified atom stereocenters. The predicted molar refractivity (Wildman–Crippen MR) is 73.9 cm³/mol. The molecule has 1 N–H and O–H groups in total. The molecule has 100 valence electrons. The molecule has 1 aromatic heterocycles. The molecule has 1 aliphatic heterocycles. The van der Waals surface area contributed by atoms with Gasteiger partial charge in [0.15, 0.2) is 0 Å². The molecule has 2 heterocycles. The normalized spacial score (nSPS) is 18.9. The van der Waals surface area contributed by atoms with Gasteiger partial charge in [-0.3, -0.25) is 4.98 Å². The molecule has 0 spiro atoms. The first-order valence-corrected chi connectivity index (χ1v) is 6.65. The zero-order chi connectivity index (χ0) is 13.0. The molecule has 0 aromatic carbocycles. The number of rotatable bonds is 4. The molecule has 0 bridgehead atoms. The van der Waals surface area contributed by atoms with Gasteiger partial charge in [0, 0.05) is 31.5 Å². The van der Waals surface area contributed by atoms with E-state index in [1.807, 2.05) is 6.20 Å². The summed E-state index contributed by atoms with van der Waals surface area (Å²) in [7, 11) is 0. The van der Waals surface area contributed by atoms with E-state index in [2.05, 4.69) is 48.1 Å². The van der Waals surface area contributed by atoms with Crippen LogP contribution in [0, 0.1) is 0 Å². The summed E-state index contributed by atoms with van der Waals surface area (Å²) < 4.78 is 5.74. The van der Waals surface area contributed by atoms with E-state index >= 15 is 0 Å². The zero-order valence-corrected chi connectivity index (χ0v) is 11.6. The van der Waals surface area contributed by atoms with Crippen molar-refractivity contribution in [1.29, 1.82) is 0 Å². The molecule has 1 fully saturated rings. The number of hydrogen-bond donors (Lipinski definition) is 1. The Hall–Kier alpha value is -1.13. The summed E-state index contributed by atoms with van der Waals surface area (Å²) >= 11 is 0. The van der Waals surface area contributed by atoms with Gasteiger partial charge in [-0.1, -0.05) is 6.92 Å². The van der Waals surface area contributed by atoms with Gasteiger partial charge in [0.25, 0.3) is 0 Å². The van der Waals surface area contributed by atoms with E-state index in [1.165, 1.54) is 5.69 Å². The van der Waals surface area contributed by atoms with Crippen LogP contribution in [0.5, 0.6) is 0 Å². The molecule has 0 atom stereocenters. The largest absolute Gasteiger partial charge is 0.372 e. The maximum absolute atomic E-state index is 5.74. The van der Waals surface area contributed by atoms with Crippen LogP contribution >= 0.6 is 0 Å². The third-order valence-corrected chi connectivity index (χ3v) is 3.15. The van der Waals surface area contributed by atoms with Crippen LogP contribution in [0.2, 0.25) is 0 Å². The first-order chi connectivity index (χ1) is 8.61. The van der Waals surface area contributed by atoms with E-state index in [-0.39, 0.29) is 5.60 Å². The van der Waals surface area contributed by atoms with Gasteiger partial charge in [0.2, 0.25) is 0 Å². The molecular weight excluding hydrogens is 226 g/mol. The number of ether oxygens (including phenoxy) is 1. The van der Waals surface area contributed by atoms with Crippen LogP contribution in [0.15, 0.2) is 18.3 Å². The highest BCUT2D eigenvalue weighted by molar-refractivity contribution is 5.47. The Labute approximate surface area is 109 Å². The summed E-state index contributed by atoms with van der Waals surface area (Å²) in [5.41, 5.74) is 2.27. The quantitative estimate of drug-likeness (QED) is 0.883. The van der Waals surface area contributed by atoms with Crippen molar-refractivity contribution in [2.45, 2.75) is 32.9 Å². The molecule has 0 amide bonds. The summed E-state index contributed by atoms with van der Waals surface area (Å²) in [6.45, 7) is 10.9. The molecule has 0 radical (unpaired) electrons. The van der Waals surface area contributed by atoms with Crippen molar-refractivity contribution in [3.8, 4) is 0 Å². The molecule has 2 rings (SSSR count). The zero-order valence-electron chi connectivity index (χ0n) is 11.6. The maximum atomic E-state index is 5.74. The SMILES string of the molecule is CCNCc1cc(N2CCOC(C)(C)C2)ccn1. The van der Waals surface area contributed by atoms with Crippen LogP contribution in [-0.2, 0) is 11.3 Å². The Morgan fingerprint density at radius 1 is 1.50 bits per heavy atom. The van der Waals surface area contributed by atoms with Crippen molar-refractivity contribution >= 4 is 5.69 Å². The molecule has 0 saturated carbocycles. The smallest absolute Gasteiger partial charge is 0.0801 e. The minimum absolute atomic E-state index is 0.0661. The van der Waals surface area contributed by atoms with Gasteiger partial charge < -0.3 is 15.0 Å². The lowest BCUT2D eigenvalue weighted by Gasteiger charge is -2.39. The summed E-state index contributed by atoms with van der Waals surface area (Å²) in [6, 6.07) is 4.25. The highest BCUT2D eigenvalue weighted by Gasteiger charge is 2.27. The summed E-state index contributed by atoms with van der Waals surface area (Å²) in [6.07, 6.45) is 1.89. The Morgan fingerprint density at radius 2 is 2.33 bits per heavy atom. The van der Waals surface area contributed by atoms with Crippen molar-refractivity contribution < 1.29 is 4.74 Å². The van der Waals surface area contributed by atoms with E-state index in [9.17, 15) is 0 Å². The number of morpholine rings is 1. The third kappa shape index (κ3) is 3.43. The Bertz CT molecular complexity index is 392. The van der Waals surface area contributed by atoms with Crippen LogP contribution in [0.1, 0.15) is 26.5 Å². The second kappa shape index (κ2) is 5.67. The molecule has 1 aromatic rings. The highest BCUT2D eigenvalue weighted by Crippen LogP contribution is 2.23. The fourth-order valence-electron chi connectivity index (χ4n) is 2.25. The highest BCUT2D eigenvalue weighted by atomic mass is 16.5. The van der Waals surface area contributed by atoms with Gasteiger partial charge in [0.1, 0.15) is 0 Å². The summed E-state index contributed by atoms with van der Waals surface area (Å²) in [5.74, 6) is 0. The van der Waals surface area contributed by atoms with Crippen molar-refractivity contribution in [2.75, 3.05) is 31.1 Å². The molecule has 1 saturated heterocycles.